The summed E-state index contributed by atoms with van der Waals surface area (Å²) in [6, 6.07) is 9.40. The number of hydrogen-bond donors (Lipinski definition) is 1. The Balaban J connectivity index is 2.16. The fourth-order valence-electron chi connectivity index (χ4n) is 3.16. The van der Waals surface area contributed by atoms with Crippen LogP contribution in [-0.2, 0) is 9.53 Å². The van der Waals surface area contributed by atoms with Gasteiger partial charge in [-0.1, -0.05) is 6.07 Å². The molecule has 0 aliphatic carbocycles. The number of carbonyl (C=O) groups is 1. The molecular weight excluding hydrogens is 386 g/mol. The maximum absolute atomic E-state index is 14.4. The molecule has 28 heavy (non-hydrogen) atoms. The summed E-state index contributed by atoms with van der Waals surface area (Å²) in [7, 11) is 2.76. The van der Waals surface area contributed by atoms with E-state index in [0.717, 1.165) is 12.1 Å². The van der Waals surface area contributed by atoms with Crippen molar-refractivity contribution >= 4 is 29.0 Å². The number of nitrogens with one attached hydrogen (secondary N) is 1. The minimum absolute atomic E-state index is 0.0657. The second-order valence-electron chi connectivity index (χ2n) is 6.04. The van der Waals surface area contributed by atoms with E-state index >= 15 is 0 Å². The Labute approximate surface area is 166 Å². The molecule has 0 fully saturated rings. The van der Waals surface area contributed by atoms with E-state index in [9.17, 15) is 13.6 Å². The van der Waals surface area contributed by atoms with Gasteiger partial charge in [0.15, 0.2) is 5.11 Å². The summed E-state index contributed by atoms with van der Waals surface area (Å²) in [5, 5.41) is 3.07. The first-order valence-electron chi connectivity index (χ1n) is 8.36. The molecule has 0 bridgehead atoms. The van der Waals surface area contributed by atoms with E-state index in [4.69, 9.17) is 21.7 Å². The van der Waals surface area contributed by atoms with Crippen LogP contribution >= 0.6 is 12.2 Å². The molecule has 5 nitrogen and oxygen atoms in total. The highest BCUT2D eigenvalue weighted by atomic mass is 32.1. The monoisotopic (exact) mass is 404 g/mol. The topological polar surface area (TPSA) is 50.8 Å². The summed E-state index contributed by atoms with van der Waals surface area (Å²) in [5.74, 6) is -1.63. The van der Waals surface area contributed by atoms with E-state index in [-0.39, 0.29) is 16.2 Å². The molecule has 0 aromatic heterocycles. The average Bonchev–Trinajstić information content (AvgIpc) is 2.67. The van der Waals surface area contributed by atoms with Crippen molar-refractivity contribution in [3.8, 4) is 5.75 Å². The number of methoxy groups -OCH3 is 2. The van der Waals surface area contributed by atoms with Gasteiger partial charge in [-0.3, -0.25) is 4.90 Å². The summed E-state index contributed by atoms with van der Waals surface area (Å²) in [5.41, 5.74) is 0.841. The van der Waals surface area contributed by atoms with E-state index in [1.807, 2.05) is 0 Å². The number of halogens is 2. The van der Waals surface area contributed by atoms with E-state index in [1.165, 1.54) is 13.2 Å². The molecule has 146 valence electrons. The Bertz CT molecular complexity index is 940. The second kappa shape index (κ2) is 7.93. The van der Waals surface area contributed by atoms with Crippen LogP contribution in [0.1, 0.15) is 18.5 Å². The number of ether oxygens (including phenoxy) is 2. The van der Waals surface area contributed by atoms with Crippen LogP contribution in [0.2, 0.25) is 0 Å². The van der Waals surface area contributed by atoms with Crippen molar-refractivity contribution in [2.45, 2.75) is 13.0 Å². The molecule has 3 rings (SSSR count). The Kier molecular flexibility index (Phi) is 5.60. The van der Waals surface area contributed by atoms with Gasteiger partial charge in [0.2, 0.25) is 0 Å². The van der Waals surface area contributed by atoms with Gasteiger partial charge in [0.25, 0.3) is 0 Å². The van der Waals surface area contributed by atoms with Crippen molar-refractivity contribution < 1.29 is 23.0 Å². The van der Waals surface area contributed by atoms with Gasteiger partial charge < -0.3 is 14.8 Å². The van der Waals surface area contributed by atoms with Crippen molar-refractivity contribution in [3.63, 3.8) is 0 Å². The van der Waals surface area contributed by atoms with Crippen LogP contribution in [0.5, 0.6) is 5.75 Å². The molecule has 0 spiro atoms. The highest BCUT2D eigenvalue weighted by molar-refractivity contribution is 7.80. The highest BCUT2D eigenvalue weighted by Crippen LogP contribution is 2.36. The lowest BCUT2D eigenvalue weighted by atomic mass is 9.94. The first-order valence-corrected chi connectivity index (χ1v) is 8.77. The number of carbonyl (C=O) groups excluding carboxylic acids is 1. The van der Waals surface area contributed by atoms with Crippen LogP contribution in [0, 0.1) is 11.6 Å². The van der Waals surface area contributed by atoms with Crippen molar-refractivity contribution in [1.29, 1.82) is 0 Å². The quantitative estimate of drug-likeness (QED) is 0.617. The van der Waals surface area contributed by atoms with E-state index in [1.54, 1.807) is 43.2 Å². The predicted octanol–water partition coefficient (Wildman–Crippen LogP) is 3.86. The van der Waals surface area contributed by atoms with Gasteiger partial charge in [0, 0.05) is 11.4 Å². The molecule has 2 aromatic rings. The number of esters is 1. The Hall–Kier alpha value is -3.00. The molecule has 2 aromatic carbocycles. The summed E-state index contributed by atoms with van der Waals surface area (Å²) < 4.78 is 38.8. The van der Waals surface area contributed by atoms with Crippen LogP contribution in [0.25, 0.3) is 0 Å². The molecule has 0 unspecified atom stereocenters. The lowest BCUT2D eigenvalue weighted by molar-refractivity contribution is -0.136. The number of benzene rings is 2. The molecular formula is C20H18F2N2O3S. The molecule has 0 saturated heterocycles. The zero-order valence-corrected chi connectivity index (χ0v) is 16.3. The highest BCUT2D eigenvalue weighted by Gasteiger charge is 2.37. The standard InChI is InChI=1S/C20H18F2N2O3S/c1-11-16(19(25)27-3)18(17-14(21)5-4-6-15(17)22)23-20(28)24(11)12-7-9-13(26-2)10-8-12/h4-10,18H,1-3H3,(H,23,28)/t18-/m1/s1. The summed E-state index contributed by atoms with van der Waals surface area (Å²) in [6.07, 6.45) is 0. The van der Waals surface area contributed by atoms with Crippen LogP contribution in [-0.4, -0.2) is 25.3 Å². The van der Waals surface area contributed by atoms with Crippen molar-refractivity contribution in [2.75, 3.05) is 19.1 Å². The van der Waals surface area contributed by atoms with Crippen molar-refractivity contribution in [3.05, 3.63) is 70.9 Å². The fraction of sp³-hybridized carbons (Fsp3) is 0.200. The van der Waals surface area contributed by atoms with Gasteiger partial charge in [-0.15, -0.1) is 0 Å². The largest absolute Gasteiger partial charge is 0.497 e. The number of allylic oxidation sites excluding steroid dienone is 1. The normalized spacial score (nSPS) is 16.7. The van der Waals surface area contributed by atoms with E-state index in [0.29, 0.717) is 17.1 Å². The number of nitrogens with zero attached hydrogens (tertiary/aromatic N) is 1. The smallest absolute Gasteiger partial charge is 0.337 e. The van der Waals surface area contributed by atoms with Crippen LogP contribution in [0.4, 0.5) is 14.5 Å². The summed E-state index contributed by atoms with van der Waals surface area (Å²) in [6.45, 7) is 1.65. The zero-order chi connectivity index (χ0) is 20.4. The first kappa shape index (κ1) is 19.8. The fourth-order valence-corrected chi connectivity index (χ4v) is 3.52. The molecule has 0 amide bonds. The van der Waals surface area contributed by atoms with Gasteiger partial charge in [-0.2, -0.15) is 0 Å². The van der Waals surface area contributed by atoms with Gasteiger partial charge in [0.05, 0.1) is 31.4 Å². The molecule has 1 aliphatic heterocycles. The zero-order valence-electron chi connectivity index (χ0n) is 15.5. The third kappa shape index (κ3) is 3.43. The van der Waals surface area contributed by atoms with E-state index < -0.39 is 23.6 Å². The number of hydrogen-bond acceptors (Lipinski definition) is 4. The molecule has 0 radical (unpaired) electrons. The lowest BCUT2D eigenvalue weighted by Gasteiger charge is -2.37. The van der Waals surface area contributed by atoms with Crippen LogP contribution in [0.3, 0.4) is 0 Å². The van der Waals surface area contributed by atoms with Gasteiger partial charge in [0.1, 0.15) is 17.4 Å². The third-order valence-corrected chi connectivity index (χ3v) is 4.81. The molecule has 8 heteroatoms. The Morgan fingerprint density at radius 3 is 2.25 bits per heavy atom. The molecule has 1 aliphatic rings. The molecule has 1 N–H and O–H groups in total. The number of thiocarbonyl (C=S) groups is 1. The maximum Gasteiger partial charge on any atom is 0.337 e. The van der Waals surface area contributed by atoms with Crippen molar-refractivity contribution in [1.82, 2.24) is 5.32 Å². The van der Waals surface area contributed by atoms with E-state index in [2.05, 4.69) is 5.32 Å². The first-order chi connectivity index (χ1) is 13.4. The number of anilines is 1. The summed E-state index contributed by atoms with van der Waals surface area (Å²) in [4.78, 5) is 14.1. The second-order valence-corrected chi connectivity index (χ2v) is 6.43. The van der Waals surface area contributed by atoms with Crippen LogP contribution in [0.15, 0.2) is 53.7 Å². The minimum Gasteiger partial charge on any atom is -0.497 e. The van der Waals surface area contributed by atoms with Gasteiger partial charge >= 0.3 is 5.97 Å². The number of rotatable bonds is 4. The Morgan fingerprint density at radius 2 is 1.71 bits per heavy atom. The predicted molar refractivity (Wildman–Crippen MR) is 105 cm³/mol. The maximum atomic E-state index is 14.4. The lowest BCUT2D eigenvalue weighted by Crippen LogP contribution is -2.48. The van der Waals surface area contributed by atoms with Crippen LogP contribution < -0.4 is 15.0 Å². The molecule has 1 atom stereocenters. The SMILES string of the molecule is COC(=O)C1=C(C)N(c2ccc(OC)cc2)C(=S)N[C@H]1c1c(F)cccc1F. The van der Waals surface area contributed by atoms with Gasteiger partial charge in [-0.05, 0) is 55.5 Å². The minimum atomic E-state index is -1.12. The molecule has 0 saturated carbocycles. The summed E-state index contributed by atoms with van der Waals surface area (Å²) >= 11 is 5.44. The average molecular weight is 404 g/mol. The van der Waals surface area contributed by atoms with Crippen molar-refractivity contribution in [2.24, 2.45) is 0 Å². The molecule has 1 heterocycles. The van der Waals surface area contributed by atoms with Gasteiger partial charge in [-0.25, -0.2) is 13.6 Å². The Morgan fingerprint density at radius 1 is 1.11 bits per heavy atom. The third-order valence-electron chi connectivity index (χ3n) is 4.51.